The Kier molecular flexibility index (Phi) is 5.79. The minimum absolute atomic E-state index is 0.0486. The molecule has 1 N–H and O–H groups in total. The Labute approximate surface area is 126 Å². The van der Waals surface area contributed by atoms with E-state index in [9.17, 15) is 13.2 Å². The molecule has 0 atom stereocenters. The monoisotopic (exact) mass is 368 g/mol. The zero-order chi connectivity index (χ0) is 14.6. The van der Waals surface area contributed by atoms with Gasteiger partial charge in [0.05, 0.1) is 10.8 Å². The van der Waals surface area contributed by atoms with Gasteiger partial charge in [0, 0.05) is 30.7 Å². The average Bonchev–Trinajstić information content (AvgIpc) is 2.32. The molecule has 0 bridgehead atoms. The number of benzene rings is 1. The Hall–Kier alpha value is -0.630. The zero-order valence-electron chi connectivity index (χ0n) is 10.5. The van der Waals surface area contributed by atoms with Crippen molar-refractivity contribution in [1.82, 2.24) is 9.62 Å². The highest BCUT2D eigenvalue weighted by Crippen LogP contribution is 2.23. The first-order valence-corrected chi connectivity index (χ1v) is 8.15. The van der Waals surface area contributed by atoms with Gasteiger partial charge in [-0.15, -0.1) is 0 Å². The SMILES string of the molecule is CN(C)S(=O)(=O)CCNC(=O)c1ccc(Br)c(Cl)c1. The minimum Gasteiger partial charge on any atom is -0.351 e. The summed E-state index contributed by atoms with van der Waals surface area (Å²) in [5.74, 6) is -0.501. The van der Waals surface area contributed by atoms with E-state index < -0.39 is 10.0 Å². The fourth-order valence-electron chi connectivity index (χ4n) is 1.22. The molecule has 0 saturated heterocycles. The number of halogens is 2. The molecule has 0 aliphatic rings. The van der Waals surface area contributed by atoms with E-state index in [1.54, 1.807) is 12.1 Å². The molecule has 0 heterocycles. The zero-order valence-corrected chi connectivity index (χ0v) is 13.6. The molecule has 19 heavy (non-hydrogen) atoms. The van der Waals surface area contributed by atoms with Gasteiger partial charge in [-0.05, 0) is 34.1 Å². The standard InChI is InChI=1S/C11H14BrClN2O3S/c1-15(2)19(17,18)6-5-14-11(16)8-3-4-9(12)10(13)7-8/h3-4,7H,5-6H2,1-2H3,(H,14,16). The van der Waals surface area contributed by atoms with Gasteiger partial charge in [0.1, 0.15) is 0 Å². The van der Waals surface area contributed by atoms with Gasteiger partial charge in [0.25, 0.3) is 5.91 Å². The van der Waals surface area contributed by atoms with Crippen LogP contribution in [0.25, 0.3) is 0 Å². The summed E-state index contributed by atoms with van der Waals surface area (Å²) in [6.07, 6.45) is 0. The maximum atomic E-state index is 11.8. The fraction of sp³-hybridized carbons (Fsp3) is 0.364. The van der Waals surface area contributed by atoms with E-state index in [0.29, 0.717) is 15.1 Å². The molecule has 0 radical (unpaired) electrons. The van der Waals surface area contributed by atoms with Crippen molar-refractivity contribution in [1.29, 1.82) is 0 Å². The third kappa shape index (κ3) is 4.76. The summed E-state index contributed by atoms with van der Waals surface area (Å²) >= 11 is 9.10. The molecule has 0 fully saturated rings. The van der Waals surface area contributed by atoms with Crippen LogP contribution in [-0.4, -0.2) is 45.0 Å². The normalized spacial score (nSPS) is 11.6. The minimum atomic E-state index is -3.31. The number of nitrogens with zero attached hydrogens (tertiary/aromatic N) is 1. The number of nitrogens with one attached hydrogen (secondary N) is 1. The van der Waals surface area contributed by atoms with E-state index in [1.807, 2.05) is 0 Å². The second kappa shape index (κ2) is 6.69. The molecule has 0 saturated carbocycles. The summed E-state index contributed by atoms with van der Waals surface area (Å²) in [4.78, 5) is 11.8. The van der Waals surface area contributed by atoms with Gasteiger partial charge in [0.2, 0.25) is 10.0 Å². The van der Waals surface area contributed by atoms with Gasteiger partial charge < -0.3 is 5.32 Å². The van der Waals surface area contributed by atoms with Gasteiger partial charge in [-0.3, -0.25) is 4.79 Å². The summed E-state index contributed by atoms with van der Waals surface area (Å²) in [5, 5.41) is 2.96. The molecule has 1 aromatic carbocycles. The van der Waals surface area contributed by atoms with Crippen molar-refractivity contribution in [3.05, 3.63) is 33.3 Å². The highest BCUT2D eigenvalue weighted by molar-refractivity contribution is 9.10. The molecule has 106 valence electrons. The van der Waals surface area contributed by atoms with Crippen LogP contribution in [0.15, 0.2) is 22.7 Å². The third-order valence-corrected chi connectivity index (χ3v) is 5.45. The van der Waals surface area contributed by atoms with Crippen molar-refractivity contribution in [2.45, 2.75) is 0 Å². The van der Waals surface area contributed by atoms with Crippen LogP contribution in [0.5, 0.6) is 0 Å². The predicted molar refractivity (Wildman–Crippen MR) is 79.0 cm³/mol. The first-order chi connectivity index (χ1) is 8.74. The van der Waals surface area contributed by atoms with E-state index in [4.69, 9.17) is 11.6 Å². The van der Waals surface area contributed by atoms with Crippen LogP contribution in [0.1, 0.15) is 10.4 Å². The summed E-state index contributed by atoms with van der Waals surface area (Å²) in [5.41, 5.74) is 0.385. The molecule has 5 nitrogen and oxygen atoms in total. The van der Waals surface area contributed by atoms with Crippen molar-refractivity contribution in [2.24, 2.45) is 0 Å². The van der Waals surface area contributed by atoms with Crippen molar-refractivity contribution in [3.8, 4) is 0 Å². The molecular formula is C11H14BrClN2O3S. The molecule has 8 heteroatoms. The van der Waals surface area contributed by atoms with Crippen LogP contribution < -0.4 is 5.32 Å². The first-order valence-electron chi connectivity index (χ1n) is 5.37. The van der Waals surface area contributed by atoms with E-state index in [-0.39, 0.29) is 18.2 Å². The van der Waals surface area contributed by atoms with Crippen LogP contribution in [0.2, 0.25) is 5.02 Å². The van der Waals surface area contributed by atoms with E-state index in [0.717, 1.165) is 4.31 Å². The second-order valence-corrected chi connectivity index (χ2v) is 7.55. The summed E-state index contributed by atoms with van der Waals surface area (Å²) in [6, 6.07) is 4.78. The average molecular weight is 370 g/mol. The van der Waals surface area contributed by atoms with Gasteiger partial charge in [-0.25, -0.2) is 12.7 Å². The summed E-state index contributed by atoms with van der Waals surface area (Å²) in [6.45, 7) is 0.0486. The molecule has 0 unspecified atom stereocenters. The molecule has 1 aromatic rings. The molecular weight excluding hydrogens is 356 g/mol. The number of hydrogen-bond acceptors (Lipinski definition) is 3. The number of amides is 1. The largest absolute Gasteiger partial charge is 0.351 e. The predicted octanol–water partition coefficient (Wildman–Crippen LogP) is 1.72. The lowest BCUT2D eigenvalue weighted by Crippen LogP contribution is -2.33. The van der Waals surface area contributed by atoms with E-state index >= 15 is 0 Å². The number of carbonyl (C=O) groups is 1. The summed E-state index contributed by atoms with van der Waals surface area (Å²) in [7, 11) is -0.406. The molecule has 1 rings (SSSR count). The Morgan fingerprint density at radius 1 is 1.42 bits per heavy atom. The molecule has 1 amide bonds. The highest BCUT2D eigenvalue weighted by atomic mass is 79.9. The molecule has 0 aliphatic heterocycles. The lowest BCUT2D eigenvalue weighted by atomic mass is 10.2. The first kappa shape index (κ1) is 16.4. The molecule has 0 spiro atoms. The van der Waals surface area contributed by atoms with Gasteiger partial charge in [-0.1, -0.05) is 11.6 Å². The van der Waals surface area contributed by atoms with Crippen molar-refractivity contribution < 1.29 is 13.2 Å². The fourth-order valence-corrected chi connectivity index (χ4v) is 2.37. The smallest absolute Gasteiger partial charge is 0.251 e. The lowest BCUT2D eigenvalue weighted by molar-refractivity contribution is 0.0956. The number of rotatable bonds is 5. The Balaban J connectivity index is 2.59. The maximum Gasteiger partial charge on any atom is 0.251 e. The van der Waals surface area contributed by atoms with Crippen LogP contribution in [0, 0.1) is 0 Å². The van der Waals surface area contributed by atoms with E-state index in [1.165, 1.54) is 20.2 Å². The van der Waals surface area contributed by atoms with Crippen LogP contribution in [-0.2, 0) is 10.0 Å². The van der Waals surface area contributed by atoms with Crippen molar-refractivity contribution in [3.63, 3.8) is 0 Å². The van der Waals surface area contributed by atoms with Gasteiger partial charge >= 0.3 is 0 Å². The number of carbonyl (C=O) groups excluding carboxylic acids is 1. The van der Waals surface area contributed by atoms with Gasteiger partial charge in [-0.2, -0.15) is 0 Å². The lowest BCUT2D eigenvalue weighted by Gasteiger charge is -2.11. The Morgan fingerprint density at radius 3 is 2.58 bits per heavy atom. The van der Waals surface area contributed by atoms with Crippen LogP contribution >= 0.6 is 27.5 Å². The molecule has 0 aromatic heterocycles. The second-order valence-electron chi connectivity index (χ2n) is 3.98. The van der Waals surface area contributed by atoms with Crippen molar-refractivity contribution >= 4 is 43.5 Å². The number of hydrogen-bond donors (Lipinski definition) is 1. The Bertz CT molecular complexity index is 575. The Morgan fingerprint density at radius 2 is 2.05 bits per heavy atom. The number of sulfonamides is 1. The molecule has 0 aliphatic carbocycles. The third-order valence-electron chi connectivity index (χ3n) is 2.38. The van der Waals surface area contributed by atoms with Crippen LogP contribution in [0.3, 0.4) is 0 Å². The summed E-state index contributed by atoms with van der Waals surface area (Å²) < 4.78 is 24.8. The maximum absolute atomic E-state index is 11.8. The quantitative estimate of drug-likeness (QED) is 0.859. The highest BCUT2D eigenvalue weighted by Gasteiger charge is 2.14. The van der Waals surface area contributed by atoms with Crippen molar-refractivity contribution in [2.75, 3.05) is 26.4 Å². The van der Waals surface area contributed by atoms with E-state index in [2.05, 4.69) is 21.2 Å². The van der Waals surface area contributed by atoms with Crippen LogP contribution in [0.4, 0.5) is 0 Å². The van der Waals surface area contributed by atoms with Gasteiger partial charge in [0.15, 0.2) is 0 Å². The topological polar surface area (TPSA) is 66.5 Å².